The Balaban J connectivity index is 1.30. The highest BCUT2D eigenvalue weighted by atomic mass is 16.7. The molecule has 2 aromatic rings. The Hall–Kier alpha value is -3.25. The average Bonchev–Trinajstić information content (AvgIpc) is 2.97. The summed E-state index contributed by atoms with van der Waals surface area (Å²) in [4.78, 5) is 12.9. The average molecular weight is 611 g/mol. The monoisotopic (exact) mass is 610 g/mol. The van der Waals surface area contributed by atoms with E-state index >= 15 is 0 Å². The van der Waals surface area contributed by atoms with Gasteiger partial charge in [-0.3, -0.25) is 4.79 Å². The van der Waals surface area contributed by atoms with Crippen molar-refractivity contribution in [3.63, 3.8) is 0 Å². The van der Waals surface area contributed by atoms with Gasteiger partial charge in [0.2, 0.25) is 6.29 Å². The highest BCUT2D eigenvalue weighted by molar-refractivity contribution is 6.02. The summed E-state index contributed by atoms with van der Waals surface area (Å²) in [6, 6.07) is 6.90. The zero-order chi connectivity index (χ0) is 31.2. The first-order chi connectivity index (χ1) is 20.4. The fourth-order valence-corrected chi connectivity index (χ4v) is 5.20. The van der Waals surface area contributed by atoms with Crippen LogP contribution in [0.2, 0.25) is 0 Å². The van der Waals surface area contributed by atoms with Gasteiger partial charge in [-0.15, -0.1) is 0 Å². The molecule has 43 heavy (non-hydrogen) atoms. The van der Waals surface area contributed by atoms with Gasteiger partial charge >= 0.3 is 0 Å². The van der Waals surface area contributed by atoms with E-state index in [9.17, 15) is 45.6 Å². The molecular formula is C28H34O15. The van der Waals surface area contributed by atoms with Gasteiger partial charge in [-0.2, -0.15) is 0 Å². The van der Waals surface area contributed by atoms with Gasteiger partial charge in [-0.1, -0.05) is 6.07 Å². The predicted molar refractivity (Wildman–Crippen MR) is 141 cm³/mol. The Bertz CT molecular complexity index is 1320. The molecule has 3 aliphatic rings. The SMILES string of the molecule is COc1ccc([C@@H]2CC(=O)c3c(O)cc(OC4OC(CO[C@@H]5OC(C)[C@H](O)[C@H](O)C5O)C(O)C(O)C4O)cc3O2)cc1O. The molecular weight excluding hydrogens is 576 g/mol. The van der Waals surface area contributed by atoms with E-state index in [2.05, 4.69) is 0 Å². The van der Waals surface area contributed by atoms with Gasteiger partial charge in [-0.05, 0) is 24.6 Å². The molecule has 15 heteroatoms. The molecule has 0 spiro atoms. The van der Waals surface area contributed by atoms with Crippen molar-refractivity contribution < 1.29 is 74.1 Å². The van der Waals surface area contributed by atoms with Gasteiger partial charge in [0.25, 0.3) is 0 Å². The number of hydrogen-bond donors (Lipinski definition) is 8. The second kappa shape index (κ2) is 12.4. The van der Waals surface area contributed by atoms with Crippen molar-refractivity contribution in [3.8, 4) is 28.7 Å². The number of hydrogen-bond acceptors (Lipinski definition) is 15. The molecule has 8 N–H and O–H groups in total. The number of carbonyl (C=O) groups excluding carboxylic acids is 1. The predicted octanol–water partition coefficient (Wildman–Crippen LogP) is -1.16. The molecule has 0 aliphatic carbocycles. The molecule has 2 aromatic carbocycles. The number of ether oxygens (including phenoxy) is 6. The van der Waals surface area contributed by atoms with E-state index in [1.807, 2.05) is 0 Å². The van der Waals surface area contributed by atoms with Gasteiger partial charge < -0.3 is 69.3 Å². The minimum absolute atomic E-state index is 0.0457. The van der Waals surface area contributed by atoms with E-state index in [0.29, 0.717) is 5.56 Å². The number of Topliss-reactive ketones (excluding diaryl/α,β-unsaturated/α-hetero) is 1. The number of aliphatic hydroxyl groups is 6. The van der Waals surface area contributed by atoms with E-state index in [0.717, 1.165) is 6.07 Å². The maximum Gasteiger partial charge on any atom is 0.229 e. The third-order valence-corrected chi connectivity index (χ3v) is 7.70. The Morgan fingerprint density at radius 3 is 2.23 bits per heavy atom. The molecule has 3 heterocycles. The molecule has 0 saturated carbocycles. The smallest absolute Gasteiger partial charge is 0.229 e. The fourth-order valence-electron chi connectivity index (χ4n) is 5.20. The maximum atomic E-state index is 12.9. The number of methoxy groups -OCH3 is 1. The van der Waals surface area contributed by atoms with Crippen LogP contribution >= 0.6 is 0 Å². The van der Waals surface area contributed by atoms with Crippen LogP contribution < -0.4 is 14.2 Å². The van der Waals surface area contributed by atoms with Gasteiger partial charge in [0, 0.05) is 12.1 Å². The Kier molecular flexibility index (Phi) is 8.99. The van der Waals surface area contributed by atoms with E-state index in [4.69, 9.17) is 28.4 Å². The van der Waals surface area contributed by atoms with E-state index in [1.165, 1.54) is 32.2 Å². The van der Waals surface area contributed by atoms with Crippen molar-refractivity contribution in [1.29, 1.82) is 0 Å². The summed E-state index contributed by atoms with van der Waals surface area (Å²) >= 11 is 0. The molecule has 15 nitrogen and oxygen atoms in total. The minimum Gasteiger partial charge on any atom is -0.507 e. The van der Waals surface area contributed by atoms with E-state index in [1.54, 1.807) is 6.07 Å². The first kappa shape index (κ1) is 31.2. The van der Waals surface area contributed by atoms with Crippen molar-refractivity contribution in [2.45, 2.75) is 80.9 Å². The first-order valence-corrected chi connectivity index (χ1v) is 13.5. The van der Waals surface area contributed by atoms with Crippen LogP contribution in [0.25, 0.3) is 0 Å². The number of aromatic hydroxyl groups is 2. The van der Waals surface area contributed by atoms with Crippen molar-refractivity contribution in [2.24, 2.45) is 0 Å². The number of ketones is 1. The lowest BCUT2D eigenvalue weighted by molar-refractivity contribution is -0.318. The lowest BCUT2D eigenvalue weighted by Crippen LogP contribution is -2.61. The zero-order valence-electron chi connectivity index (χ0n) is 23.1. The summed E-state index contributed by atoms with van der Waals surface area (Å²) in [5, 5.41) is 82.2. The number of fused-ring (bicyclic) bond motifs is 1. The van der Waals surface area contributed by atoms with Crippen LogP contribution in [0, 0.1) is 0 Å². The second-order valence-electron chi connectivity index (χ2n) is 10.6. The fraction of sp³-hybridized carbons (Fsp3) is 0.536. The molecule has 2 fully saturated rings. The molecule has 0 radical (unpaired) electrons. The number of carbonyl (C=O) groups is 1. The van der Waals surface area contributed by atoms with Crippen LogP contribution in [-0.2, 0) is 14.2 Å². The quantitative estimate of drug-likeness (QED) is 0.185. The second-order valence-corrected chi connectivity index (χ2v) is 10.6. The summed E-state index contributed by atoms with van der Waals surface area (Å²) in [5.41, 5.74) is 0.373. The molecule has 0 amide bonds. The molecule has 11 atom stereocenters. The molecule has 0 aromatic heterocycles. The summed E-state index contributed by atoms with van der Waals surface area (Å²) in [5.74, 6) is -0.999. The normalized spacial score (nSPS) is 36.0. The summed E-state index contributed by atoms with van der Waals surface area (Å²) < 4.78 is 33.1. The van der Waals surface area contributed by atoms with Crippen LogP contribution in [0.4, 0.5) is 0 Å². The number of phenols is 2. The minimum atomic E-state index is -1.77. The molecule has 0 bridgehead atoms. The highest BCUT2D eigenvalue weighted by Crippen LogP contribution is 2.43. The number of phenolic OH excluding ortho intramolecular Hbond substituents is 2. The molecule has 2 saturated heterocycles. The maximum absolute atomic E-state index is 12.9. The molecule has 7 unspecified atom stereocenters. The number of benzene rings is 2. The van der Waals surface area contributed by atoms with Crippen LogP contribution in [0.5, 0.6) is 28.7 Å². The van der Waals surface area contributed by atoms with Crippen molar-refractivity contribution in [1.82, 2.24) is 0 Å². The van der Waals surface area contributed by atoms with Crippen molar-refractivity contribution >= 4 is 5.78 Å². The van der Waals surface area contributed by atoms with E-state index < -0.39 is 85.7 Å². The number of aliphatic hydroxyl groups excluding tert-OH is 6. The largest absolute Gasteiger partial charge is 0.507 e. The third-order valence-electron chi connectivity index (χ3n) is 7.70. The lowest BCUT2D eigenvalue weighted by atomic mass is 9.95. The zero-order valence-corrected chi connectivity index (χ0v) is 23.1. The van der Waals surface area contributed by atoms with Gasteiger partial charge in [0.15, 0.2) is 23.6 Å². The van der Waals surface area contributed by atoms with Crippen molar-refractivity contribution in [2.75, 3.05) is 13.7 Å². The highest BCUT2D eigenvalue weighted by Gasteiger charge is 2.47. The lowest BCUT2D eigenvalue weighted by Gasteiger charge is -2.42. The van der Waals surface area contributed by atoms with Gasteiger partial charge in [0.1, 0.15) is 71.6 Å². The van der Waals surface area contributed by atoms with E-state index in [-0.39, 0.29) is 35.0 Å². The summed E-state index contributed by atoms with van der Waals surface area (Å²) in [6.07, 6.45) is -15.9. The Morgan fingerprint density at radius 2 is 1.53 bits per heavy atom. The summed E-state index contributed by atoms with van der Waals surface area (Å²) in [7, 11) is 1.39. The topological polar surface area (TPSA) is 234 Å². The van der Waals surface area contributed by atoms with Crippen LogP contribution in [0.3, 0.4) is 0 Å². The van der Waals surface area contributed by atoms with Crippen LogP contribution in [0.15, 0.2) is 30.3 Å². The van der Waals surface area contributed by atoms with Gasteiger partial charge in [-0.25, -0.2) is 0 Å². The number of rotatable bonds is 7. The van der Waals surface area contributed by atoms with Crippen LogP contribution in [-0.4, -0.2) is 122 Å². The standard InChI is InChI=1S/C28H34O15/c1-10-21(32)23(34)25(36)27(40-10)39-9-19-22(33)24(35)26(37)28(43-19)41-12-6-14(30)20-15(31)8-17(42-18(20)7-12)11-3-4-16(38-2)13(29)5-11/h3-7,10,17,19,21-30,32-37H,8-9H2,1-2H3/t10?,17-,19?,21-,22?,23-,24?,25?,26?,27+,28?/m0/s1. The molecule has 5 rings (SSSR count). The van der Waals surface area contributed by atoms with Gasteiger partial charge in [0.05, 0.1) is 26.2 Å². The van der Waals surface area contributed by atoms with Crippen LogP contribution in [0.1, 0.15) is 35.4 Å². The van der Waals surface area contributed by atoms with Crippen molar-refractivity contribution in [3.05, 3.63) is 41.5 Å². The molecule has 3 aliphatic heterocycles. The summed E-state index contributed by atoms with van der Waals surface area (Å²) in [6.45, 7) is 0.964. The first-order valence-electron chi connectivity index (χ1n) is 13.5. The third kappa shape index (κ3) is 6.08. The molecule has 236 valence electrons. The Labute approximate surface area is 245 Å². The Morgan fingerprint density at radius 1 is 0.837 bits per heavy atom.